The Morgan fingerprint density at radius 1 is 0.467 bits per heavy atom. The van der Waals surface area contributed by atoms with Gasteiger partial charge in [-0.25, -0.2) is 0 Å². The quantitative estimate of drug-likeness (QED) is 0.0322. The van der Waals surface area contributed by atoms with Crippen molar-refractivity contribution >= 4 is 11.9 Å². The summed E-state index contributed by atoms with van der Waals surface area (Å²) < 4.78 is 5.44. The lowest BCUT2D eigenvalue weighted by molar-refractivity contribution is -0.143. The average Bonchev–Trinajstić information content (AvgIpc) is 3.25. The van der Waals surface area contributed by atoms with E-state index in [1.54, 1.807) is 0 Å². The number of carbonyl (C=O) groups is 2. The van der Waals surface area contributed by atoms with E-state index in [2.05, 4.69) is 43.5 Å². The lowest BCUT2D eigenvalue weighted by Crippen LogP contribution is -2.45. The van der Waals surface area contributed by atoms with Crippen LogP contribution in [0.3, 0.4) is 0 Å². The van der Waals surface area contributed by atoms with Gasteiger partial charge in [-0.05, 0) is 57.8 Å². The van der Waals surface area contributed by atoms with Crippen LogP contribution in [0.4, 0.5) is 0 Å². The van der Waals surface area contributed by atoms with Crippen LogP contribution in [0.1, 0.15) is 284 Å². The fourth-order valence-electron chi connectivity index (χ4n) is 8.16. The highest BCUT2D eigenvalue weighted by molar-refractivity contribution is 5.76. The number of hydrogen-bond donors (Lipinski definition) is 3. The highest BCUT2D eigenvalue weighted by Crippen LogP contribution is 2.16. The summed E-state index contributed by atoms with van der Waals surface area (Å²) in [5.41, 5.74) is 0. The number of rotatable bonds is 49. The molecule has 0 aromatic carbocycles. The summed E-state index contributed by atoms with van der Waals surface area (Å²) in [5, 5.41) is 23.2. The van der Waals surface area contributed by atoms with Gasteiger partial charge in [0.25, 0.3) is 0 Å². The van der Waals surface area contributed by atoms with Gasteiger partial charge in [0.05, 0.1) is 25.4 Å². The van der Waals surface area contributed by atoms with E-state index in [-0.39, 0.29) is 18.5 Å². The van der Waals surface area contributed by atoms with Crippen LogP contribution in [-0.2, 0) is 14.3 Å². The molecule has 6 nitrogen and oxygen atoms in total. The molecule has 0 saturated heterocycles. The molecule has 6 heteroatoms. The van der Waals surface area contributed by atoms with Gasteiger partial charge in [-0.15, -0.1) is 0 Å². The van der Waals surface area contributed by atoms with Gasteiger partial charge in [0.1, 0.15) is 0 Å². The van der Waals surface area contributed by atoms with Gasteiger partial charge in [0.15, 0.2) is 0 Å². The number of aliphatic hydroxyl groups is 2. The van der Waals surface area contributed by atoms with Crippen LogP contribution >= 0.6 is 0 Å². The van der Waals surface area contributed by atoms with Crippen LogP contribution in [-0.4, -0.2) is 47.4 Å². The summed E-state index contributed by atoms with van der Waals surface area (Å²) in [4.78, 5) is 24.4. The van der Waals surface area contributed by atoms with Crippen molar-refractivity contribution in [1.29, 1.82) is 0 Å². The molecule has 0 rings (SSSR count). The molecule has 354 valence electrons. The second kappa shape index (κ2) is 50.0. The predicted octanol–water partition coefficient (Wildman–Crippen LogP) is 15.9. The van der Waals surface area contributed by atoms with Crippen LogP contribution < -0.4 is 5.32 Å². The Hall–Kier alpha value is -1.66. The van der Waals surface area contributed by atoms with E-state index in [4.69, 9.17) is 4.74 Å². The van der Waals surface area contributed by atoms with Crippen LogP contribution in [0, 0.1) is 0 Å². The predicted molar refractivity (Wildman–Crippen MR) is 260 cm³/mol. The number of aliphatic hydroxyl groups excluding tert-OH is 2. The molecule has 0 bridgehead atoms. The molecule has 0 aliphatic rings. The van der Waals surface area contributed by atoms with Crippen molar-refractivity contribution in [3.8, 4) is 0 Å². The molecule has 0 saturated carbocycles. The molecule has 60 heavy (non-hydrogen) atoms. The Kier molecular flexibility index (Phi) is 48.6. The second-order valence-electron chi connectivity index (χ2n) is 18.2. The van der Waals surface area contributed by atoms with Crippen molar-refractivity contribution in [2.75, 3.05) is 13.2 Å². The summed E-state index contributed by atoms with van der Waals surface area (Å²) in [5.74, 6) is -0.0764. The van der Waals surface area contributed by atoms with Gasteiger partial charge < -0.3 is 20.3 Å². The van der Waals surface area contributed by atoms with Crippen LogP contribution in [0.5, 0.6) is 0 Å². The van der Waals surface area contributed by atoms with Crippen molar-refractivity contribution < 1.29 is 24.5 Å². The molecule has 1 amide bonds. The maximum Gasteiger partial charge on any atom is 0.305 e. The van der Waals surface area contributed by atoms with E-state index in [1.807, 2.05) is 0 Å². The third kappa shape index (κ3) is 45.9. The number of nitrogens with one attached hydrogen (secondary N) is 1. The van der Waals surface area contributed by atoms with Gasteiger partial charge in [-0.2, -0.15) is 0 Å². The summed E-state index contributed by atoms with van der Waals surface area (Å²) in [7, 11) is 0. The number of carbonyl (C=O) groups excluding carboxylic acids is 2. The molecule has 0 radical (unpaired) electrons. The number of ether oxygens (including phenoxy) is 1. The van der Waals surface area contributed by atoms with E-state index >= 15 is 0 Å². The standard InChI is InChI=1S/C54H103NO5/c1-3-5-7-9-11-13-15-17-22-26-30-34-38-42-46-52(57)51(50-56)55-53(58)47-43-39-35-31-27-23-20-19-21-25-29-33-37-41-45-49-60-54(59)48-44-40-36-32-28-24-18-16-14-12-10-8-6-4-2/h19,21,25,29,51-52,56-57H,3-18,20,22-24,26-28,30-50H2,1-2H3,(H,55,58)/b21-19-,29-25-. The van der Waals surface area contributed by atoms with E-state index in [0.717, 1.165) is 77.0 Å². The second-order valence-corrected chi connectivity index (χ2v) is 18.2. The molecule has 0 spiro atoms. The monoisotopic (exact) mass is 846 g/mol. The Labute approximate surface area is 373 Å². The first-order valence-electron chi connectivity index (χ1n) is 26.6. The van der Waals surface area contributed by atoms with Crippen molar-refractivity contribution in [2.24, 2.45) is 0 Å². The van der Waals surface area contributed by atoms with E-state index in [0.29, 0.717) is 25.9 Å². The lowest BCUT2D eigenvalue weighted by atomic mass is 10.0. The number of unbranched alkanes of at least 4 members (excludes halogenated alkanes) is 35. The molecular formula is C54H103NO5. The first kappa shape index (κ1) is 58.3. The van der Waals surface area contributed by atoms with Gasteiger partial charge in [0.2, 0.25) is 5.91 Å². The minimum atomic E-state index is -0.677. The zero-order chi connectivity index (χ0) is 43.7. The Morgan fingerprint density at radius 3 is 1.23 bits per heavy atom. The zero-order valence-electron chi connectivity index (χ0n) is 40.2. The maximum absolute atomic E-state index is 12.4. The maximum atomic E-state index is 12.4. The SMILES string of the molecule is CCCCCCCCCCCCCCCCC(=O)OCCCCC/C=C\C=C/CCCCCCCCC(=O)NC(CO)C(O)CCCCCCCCCCCCCCCC. The molecule has 0 aliphatic carbocycles. The number of allylic oxidation sites excluding steroid dienone is 4. The summed E-state index contributed by atoms with van der Waals surface area (Å²) >= 11 is 0. The first-order valence-corrected chi connectivity index (χ1v) is 26.6. The van der Waals surface area contributed by atoms with E-state index < -0.39 is 12.1 Å². The van der Waals surface area contributed by atoms with Crippen LogP contribution in [0.15, 0.2) is 24.3 Å². The molecule has 0 aromatic heterocycles. The third-order valence-corrected chi connectivity index (χ3v) is 12.3. The van der Waals surface area contributed by atoms with Gasteiger partial charge >= 0.3 is 5.97 Å². The van der Waals surface area contributed by atoms with E-state index in [9.17, 15) is 19.8 Å². The van der Waals surface area contributed by atoms with Gasteiger partial charge in [-0.3, -0.25) is 9.59 Å². The normalized spacial score (nSPS) is 12.8. The van der Waals surface area contributed by atoms with Crippen molar-refractivity contribution in [3.05, 3.63) is 24.3 Å². The molecular weight excluding hydrogens is 743 g/mol. The summed E-state index contributed by atoms with van der Waals surface area (Å²) in [6, 6.07) is -0.557. The summed E-state index contributed by atoms with van der Waals surface area (Å²) in [6.07, 6.45) is 58.6. The lowest BCUT2D eigenvalue weighted by Gasteiger charge is -2.22. The first-order chi connectivity index (χ1) is 29.5. The number of esters is 1. The average molecular weight is 846 g/mol. The number of amides is 1. The largest absolute Gasteiger partial charge is 0.466 e. The fraction of sp³-hybridized carbons (Fsp3) is 0.889. The van der Waals surface area contributed by atoms with Crippen LogP contribution in [0.2, 0.25) is 0 Å². The van der Waals surface area contributed by atoms with Crippen molar-refractivity contribution in [1.82, 2.24) is 5.32 Å². The Bertz CT molecular complexity index is 935. The third-order valence-electron chi connectivity index (χ3n) is 12.3. The molecule has 2 atom stereocenters. The highest BCUT2D eigenvalue weighted by Gasteiger charge is 2.20. The Balaban J connectivity index is 3.51. The van der Waals surface area contributed by atoms with Gasteiger partial charge in [0, 0.05) is 12.8 Å². The smallest absolute Gasteiger partial charge is 0.305 e. The van der Waals surface area contributed by atoms with E-state index in [1.165, 1.54) is 173 Å². The van der Waals surface area contributed by atoms with Crippen molar-refractivity contribution in [2.45, 2.75) is 296 Å². The minimum Gasteiger partial charge on any atom is -0.466 e. The molecule has 2 unspecified atom stereocenters. The van der Waals surface area contributed by atoms with Gasteiger partial charge in [-0.1, -0.05) is 237 Å². The molecule has 0 fully saturated rings. The Morgan fingerprint density at radius 2 is 0.817 bits per heavy atom. The zero-order valence-corrected chi connectivity index (χ0v) is 40.2. The highest BCUT2D eigenvalue weighted by atomic mass is 16.5. The van der Waals surface area contributed by atoms with Crippen LogP contribution in [0.25, 0.3) is 0 Å². The molecule has 0 aliphatic heterocycles. The molecule has 0 heterocycles. The molecule has 0 aromatic rings. The van der Waals surface area contributed by atoms with Crippen molar-refractivity contribution in [3.63, 3.8) is 0 Å². The minimum absolute atomic E-state index is 0.0195. The number of hydrogen-bond acceptors (Lipinski definition) is 5. The molecule has 3 N–H and O–H groups in total. The summed E-state index contributed by atoms with van der Waals surface area (Å²) in [6.45, 7) is 4.90. The topological polar surface area (TPSA) is 95.9 Å². The fourth-order valence-corrected chi connectivity index (χ4v) is 8.16.